The maximum Gasteiger partial charge on any atom is 0.331 e. The van der Waals surface area contributed by atoms with E-state index < -0.39 is 11.3 Å². The van der Waals surface area contributed by atoms with Crippen molar-refractivity contribution in [2.45, 2.75) is 24.1 Å². The van der Waals surface area contributed by atoms with Gasteiger partial charge in [-0.25, -0.2) is 4.79 Å². The third-order valence-electron chi connectivity index (χ3n) is 1.98. The molecule has 1 rings (SSSR count). The fraction of sp³-hybridized carbons (Fsp3) is 0.300. The van der Waals surface area contributed by atoms with Crippen molar-refractivity contribution >= 4 is 17.7 Å². The van der Waals surface area contributed by atoms with Gasteiger partial charge in [-0.15, -0.1) is 0 Å². The first-order valence-electron chi connectivity index (χ1n) is 4.23. The molecule has 0 aliphatic heterocycles. The van der Waals surface area contributed by atoms with E-state index in [1.165, 1.54) is 5.56 Å². The van der Waals surface area contributed by atoms with Gasteiger partial charge in [0.2, 0.25) is 0 Å². The summed E-state index contributed by atoms with van der Waals surface area (Å²) in [5.41, 5.74) is 7.74. The molecule has 76 valence electrons. The highest BCUT2D eigenvalue weighted by Gasteiger charge is 2.12. The molecule has 0 heterocycles. The molecular formula is C10H13NO2S. The van der Waals surface area contributed by atoms with Crippen molar-refractivity contribution in [1.82, 2.24) is 0 Å². The molecule has 3 nitrogen and oxygen atoms in total. The van der Waals surface area contributed by atoms with Crippen molar-refractivity contribution in [3.8, 4) is 0 Å². The van der Waals surface area contributed by atoms with Gasteiger partial charge in [-0.2, -0.15) is 0 Å². The Morgan fingerprint density at radius 3 is 2.57 bits per heavy atom. The predicted octanol–water partition coefficient (Wildman–Crippen LogP) is 1.76. The van der Waals surface area contributed by atoms with Crippen LogP contribution in [0.1, 0.15) is 11.1 Å². The van der Waals surface area contributed by atoms with Crippen molar-refractivity contribution < 1.29 is 9.90 Å². The lowest BCUT2D eigenvalue weighted by molar-refractivity contribution is -0.136. The van der Waals surface area contributed by atoms with E-state index >= 15 is 0 Å². The van der Waals surface area contributed by atoms with E-state index in [1.807, 2.05) is 32.0 Å². The van der Waals surface area contributed by atoms with Gasteiger partial charge < -0.3 is 10.8 Å². The molecule has 1 aromatic carbocycles. The summed E-state index contributed by atoms with van der Waals surface area (Å²) in [6.45, 7) is 4.01. The van der Waals surface area contributed by atoms with E-state index in [0.717, 1.165) is 22.2 Å². The smallest absolute Gasteiger partial charge is 0.331 e. The summed E-state index contributed by atoms with van der Waals surface area (Å²) in [5, 5.41) is 7.73. The summed E-state index contributed by atoms with van der Waals surface area (Å²) in [6, 6.07) is 5.80. The van der Waals surface area contributed by atoms with Gasteiger partial charge in [0, 0.05) is 4.90 Å². The van der Waals surface area contributed by atoms with E-state index in [2.05, 4.69) is 0 Å². The van der Waals surface area contributed by atoms with E-state index in [1.54, 1.807) is 0 Å². The Morgan fingerprint density at radius 1 is 1.43 bits per heavy atom. The highest BCUT2D eigenvalue weighted by atomic mass is 32.2. The summed E-state index contributed by atoms with van der Waals surface area (Å²) < 4.78 is 0. The highest BCUT2D eigenvalue weighted by Crippen LogP contribution is 2.23. The van der Waals surface area contributed by atoms with Crippen molar-refractivity contribution in [1.29, 1.82) is 0 Å². The number of thioether (sulfide) groups is 1. The first-order valence-corrected chi connectivity index (χ1v) is 5.11. The molecule has 0 radical (unpaired) electrons. The molecule has 0 fully saturated rings. The molecule has 0 saturated carbocycles. The maximum absolute atomic E-state index is 10.5. The average molecular weight is 211 g/mol. The van der Waals surface area contributed by atoms with E-state index in [4.69, 9.17) is 10.8 Å². The van der Waals surface area contributed by atoms with Crippen LogP contribution in [0.5, 0.6) is 0 Å². The normalized spacial score (nSPS) is 12.5. The highest BCUT2D eigenvalue weighted by molar-refractivity contribution is 8.00. The molecule has 3 N–H and O–H groups in total. The first-order chi connectivity index (χ1) is 6.50. The van der Waals surface area contributed by atoms with Crippen molar-refractivity contribution in [3.63, 3.8) is 0 Å². The summed E-state index contributed by atoms with van der Waals surface area (Å²) in [4.78, 5) is 11.4. The number of carboxylic acids is 1. The van der Waals surface area contributed by atoms with Gasteiger partial charge in [-0.3, -0.25) is 0 Å². The van der Waals surface area contributed by atoms with Gasteiger partial charge >= 0.3 is 5.97 Å². The van der Waals surface area contributed by atoms with Crippen LogP contribution < -0.4 is 5.73 Å². The van der Waals surface area contributed by atoms with Crippen LogP contribution >= 0.6 is 11.8 Å². The second kappa shape index (κ2) is 4.48. The lowest BCUT2D eigenvalue weighted by Crippen LogP contribution is -2.25. The Kier molecular flexibility index (Phi) is 3.55. The molecule has 0 spiro atoms. The zero-order valence-corrected chi connectivity index (χ0v) is 8.97. The minimum Gasteiger partial charge on any atom is -0.479 e. The third-order valence-corrected chi connectivity index (χ3v) is 2.97. The van der Waals surface area contributed by atoms with Gasteiger partial charge in [-0.1, -0.05) is 17.8 Å². The quantitative estimate of drug-likeness (QED) is 0.590. The van der Waals surface area contributed by atoms with Crippen LogP contribution in [-0.2, 0) is 4.79 Å². The number of benzene rings is 1. The van der Waals surface area contributed by atoms with Crippen LogP contribution in [0.25, 0.3) is 0 Å². The van der Waals surface area contributed by atoms with Crippen LogP contribution in [0.3, 0.4) is 0 Å². The molecule has 0 aliphatic rings. The number of aryl methyl sites for hydroxylation is 2. The minimum atomic E-state index is -0.992. The van der Waals surface area contributed by atoms with E-state index in [9.17, 15) is 4.79 Å². The van der Waals surface area contributed by atoms with Gasteiger partial charge in [0.25, 0.3) is 0 Å². The maximum atomic E-state index is 10.5. The van der Waals surface area contributed by atoms with Gasteiger partial charge in [0.15, 0.2) is 5.37 Å². The minimum absolute atomic E-state index is 0.892. The molecule has 0 aromatic heterocycles. The molecule has 0 bridgehead atoms. The number of aliphatic carboxylic acids is 1. The van der Waals surface area contributed by atoms with Crippen molar-refractivity contribution in [2.24, 2.45) is 5.73 Å². The average Bonchev–Trinajstić information content (AvgIpc) is 2.11. The fourth-order valence-electron chi connectivity index (χ4n) is 0.984. The molecule has 4 heteroatoms. The van der Waals surface area contributed by atoms with E-state index in [0.29, 0.717) is 0 Å². The number of nitrogens with two attached hydrogens (primary N) is 1. The second-order valence-corrected chi connectivity index (χ2v) is 4.34. The largest absolute Gasteiger partial charge is 0.479 e. The summed E-state index contributed by atoms with van der Waals surface area (Å²) in [5.74, 6) is -0.992. The molecule has 0 amide bonds. The standard InChI is InChI=1S/C10H13NO2S/c1-6-3-4-8(5-7(6)2)14-9(11)10(12)13/h3-5,9H,11H2,1-2H3,(H,12,13). The molecule has 1 unspecified atom stereocenters. The Labute approximate surface area is 87.3 Å². The van der Waals surface area contributed by atoms with Gasteiger partial charge in [0.1, 0.15) is 0 Å². The lowest BCUT2D eigenvalue weighted by Gasteiger charge is -2.07. The first kappa shape index (κ1) is 11.1. The SMILES string of the molecule is Cc1ccc(SC(N)C(=O)O)cc1C. The topological polar surface area (TPSA) is 63.3 Å². The Bertz CT molecular complexity index is 352. The summed E-state index contributed by atoms with van der Waals surface area (Å²) in [6.07, 6.45) is 0. The molecule has 1 aromatic rings. The molecule has 0 saturated heterocycles. The van der Waals surface area contributed by atoms with Crippen LogP contribution in [0, 0.1) is 13.8 Å². The van der Waals surface area contributed by atoms with Crippen LogP contribution in [0.15, 0.2) is 23.1 Å². The monoisotopic (exact) mass is 211 g/mol. The number of hydrogen-bond acceptors (Lipinski definition) is 3. The van der Waals surface area contributed by atoms with Gasteiger partial charge in [0.05, 0.1) is 0 Å². The molecule has 0 aliphatic carbocycles. The predicted molar refractivity (Wildman–Crippen MR) is 57.4 cm³/mol. The Morgan fingerprint density at radius 2 is 2.07 bits per heavy atom. The van der Waals surface area contributed by atoms with Crippen LogP contribution in [0.4, 0.5) is 0 Å². The zero-order valence-electron chi connectivity index (χ0n) is 8.15. The number of carboxylic acid groups (broad SMARTS) is 1. The van der Waals surface area contributed by atoms with Gasteiger partial charge in [-0.05, 0) is 37.1 Å². The molecule has 1 atom stereocenters. The van der Waals surface area contributed by atoms with Crippen molar-refractivity contribution in [3.05, 3.63) is 29.3 Å². The van der Waals surface area contributed by atoms with Crippen LogP contribution in [-0.4, -0.2) is 16.4 Å². The third kappa shape index (κ3) is 2.75. The van der Waals surface area contributed by atoms with Crippen LogP contribution in [0.2, 0.25) is 0 Å². The zero-order chi connectivity index (χ0) is 10.7. The number of hydrogen-bond donors (Lipinski definition) is 2. The summed E-state index contributed by atoms with van der Waals surface area (Å²) in [7, 11) is 0. The molecular weight excluding hydrogens is 198 g/mol. The molecule has 14 heavy (non-hydrogen) atoms. The Hall–Kier alpha value is -1.00. The second-order valence-electron chi connectivity index (χ2n) is 3.12. The number of carbonyl (C=O) groups is 1. The van der Waals surface area contributed by atoms with Crippen molar-refractivity contribution in [2.75, 3.05) is 0 Å². The Balaban J connectivity index is 2.78. The lowest BCUT2D eigenvalue weighted by atomic mass is 10.1. The fourth-order valence-corrected chi connectivity index (χ4v) is 1.77. The van der Waals surface area contributed by atoms with E-state index in [-0.39, 0.29) is 0 Å². The summed E-state index contributed by atoms with van der Waals surface area (Å²) >= 11 is 1.15. The number of rotatable bonds is 3.